The van der Waals surface area contributed by atoms with Gasteiger partial charge in [0.2, 0.25) is 5.91 Å². The van der Waals surface area contributed by atoms with Gasteiger partial charge in [0.1, 0.15) is 12.8 Å². The molecule has 1 aromatic heterocycles. The van der Waals surface area contributed by atoms with Crippen LogP contribution in [-0.4, -0.2) is 28.0 Å². The van der Waals surface area contributed by atoms with Crippen LogP contribution in [0.5, 0.6) is 0 Å². The number of hydrogen-bond donors (Lipinski definition) is 0. The molecule has 5 nitrogen and oxygen atoms in total. The molecule has 0 saturated carbocycles. The molecule has 0 aliphatic carbocycles. The van der Waals surface area contributed by atoms with Gasteiger partial charge in [0, 0.05) is 12.4 Å². The molecule has 2 amide bonds. The Labute approximate surface area is 122 Å². The van der Waals surface area contributed by atoms with Crippen LogP contribution in [0.25, 0.3) is 0 Å². The molecule has 0 radical (unpaired) electrons. The fourth-order valence-corrected chi connectivity index (χ4v) is 2.42. The fraction of sp³-hybridized carbons (Fsp3) is 0.250. The maximum atomic E-state index is 12.3. The summed E-state index contributed by atoms with van der Waals surface area (Å²) in [6.07, 6.45) is 3.79. The Kier molecular flexibility index (Phi) is 3.83. The molecule has 2 aromatic rings. The highest BCUT2D eigenvalue weighted by molar-refractivity contribution is 6.04. The Balaban J connectivity index is 1.58. The zero-order valence-electron chi connectivity index (χ0n) is 11.5. The molecular weight excluding hydrogens is 268 g/mol. The van der Waals surface area contributed by atoms with Gasteiger partial charge in [0.25, 0.3) is 5.91 Å². The van der Waals surface area contributed by atoms with Crippen molar-refractivity contribution in [2.24, 2.45) is 0 Å². The van der Waals surface area contributed by atoms with E-state index < -0.39 is 6.04 Å². The summed E-state index contributed by atoms with van der Waals surface area (Å²) < 4.78 is 7.25. The number of aromatic nitrogens is 1. The molecule has 2 heterocycles. The van der Waals surface area contributed by atoms with E-state index >= 15 is 0 Å². The predicted molar refractivity (Wildman–Crippen MR) is 76.0 cm³/mol. The number of likely N-dealkylation sites (tertiary alicyclic amines) is 1. The van der Waals surface area contributed by atoms with Gasteiger partial charge >= 0.3 is 0 Å². The van der Waals surface area contributed by atoms with Crippen molar-refractivity contribution >= 4 is 11.8 Å². The van der Waals surface area contributed by atoms with Crippen LogP contribution in [0.2, 0.25) is 0 Å². The standard InChI is InChI=1S/C16H16N2O3/c19-15-10-14(17-8-4-5-9-17)16(20)18(15)12-21-11-13-6-2-1-3-7-13/h1-9,14H,10-12H2. The molecule has 0 spiro atoms. The maximum Gasteiger partial charge on any atom is 0.254 e. The topological polar surface area (TPSA) is 51.5 Å². The molecule has 108 valence electrons. The molecule has 1 atom stereocenters. The highest BCUT2D eigenvalue weighted by Crippen LogP contribution is 2.24. The largest absolute Gasteiger partial charge is 0.356 e. The maximum absolute atomic E-state index is 12.3. The van der Waals surface area contributed by atoms with E-state index in [-0.39, 0.29) is 25.0 Å². The summed E-state index contributed by atoms with van der Waals surface area (Å²) in [5.74, 6) is -0.393. The third kappa shape index (κ3) is 2.87. The third-order valence-electron chi connectivity index (χ3n) is 3.54. The number of carbonyl (C=O) groups is 2. The van der Waals surface area contributed by atoms with Gasteiger partial charge in [-0.05, 0) is 17.7 Å². The smallest absolute Gasteiger partial charge is 0.254 e. The molecular formula is C16H16N2O3. The Morgan fingerprint density at radius 2 is 1.76 bits per heavy atom. The summed E-state index contributed by atoms with van der Waals surface area (Å²) in [6.45, 7) is 0.385. The second kappa shape index (κ2) is 5.93. The lowest BCUT2D eigenvalue weighted by atomic mass is 10.2. The molecule has 1 fully saturated rings. The van der Waals surface area contributed by atoms with E-state index in [1.807, 2.05) is 42.5 Å². The lowest BCUT2D eigenvalue weighted by Gasteiger charge is -2.15. The first-order valence-corrected chi connectivity index (χ1v) is 6.84. The highest BCUT2D eigenvalue weighted by atomic mass is 16.5. The average molecular weight is 284 g/mol. The summed E-state index contributed by atoms with van der Waals surface area (Å²) in [7, 11) is 0. The van der Waals surface area contributed by atoms with Gasteiger partial charge in [-0.15, -0.1) is 0 Å². The van der Waals surface area contributed by atoms with Gasteiger partial charge < -0.3 is 9.30 Å². The van der Waals surface area contributed by atoms with Crippen LogP contribution in [0.3, 0.4) is 0 Å². The number of imide groups is 1. The minimum atomic E-state index is -0.437. The van der Waals surface area contributed by atoms with E-state index in [9.17, 15) is 9.59 Å². The van der Waals surface area contributed by atoms with Gasteiger partial charge in [0.15, 0.2) is 0 Å². The summed E-state index contributed by atoms with van der Waals surface area (Å²) in [5, 5.41) is 0. The lowest BCUT2D eigenvalue weighted by molar-refractivity contribution is -0.145. The zero-order chi connectivity index (χ0) is 14.7. The fourth-order valence-electron chi connectivity index (χ4n) is 2.42. The molecule has 1 unspecified atom stereocenters. The molecule has 1 aliphatic rings. The van der Waals surface area contributed by atoms with Gasteiger partial charge in [-0.3, -0.25) is 14.5 Å². The number of amides is 2. The van der Waals surface area contributed by atoms with Gasteiger partial charge in [0.05, 0.1) is 13.0 Å². The summed E-state index contributed by atoms with van der Waals surface area (Å²) in [4.78, 5) is 25.4. The van der Waals surface area contributed by atoms with E-state index in [0.29, 0.717) is 6.61 Å². The molecule has 0 N–H and O–H groups in total. The summed E-state index contributed by atoms with van der Waals surface area (Å²) in [6, 6.07) is 12.9. The second-order valence-corrected chi connectivity index (χ2v) is 4.97. The summed E-state index contributed by atoms with van der Waals surface area (Å²) >= 11 is 0. The average Bonchev–Trinajstić information content (AvgIpc) is 3.11. The van der Waals surface area contributed by atoms with Crippen LogP contribution in [0.15, 0.2) is 54.9 Å². The van der Waals surface area contributed by atoms with Crippen molar-refractivity contribution in [2.75, 3.05) is 6.73 Å². The quantitative estimate of drug-likeness (QED) is 0.789. The lowest BCUT2D eigenvalue weighted by Crippen LogP contribution is -2.33. The molecule has 1 aromatic carbocycles. The van der Waals surface area contributed by atoms with Crippen LogP contribution < -0.4 is 0 Å². The van der Waals surface area contributed by atoms with Crippen molar-refractivity contribution in [3.8, 4) is 0 Å². The molecule has 1 saturated heterocycles. The Hall–Kier alpha value is -2.40. The number of rotatable bonds is 5. The molecule has 21 heavy (non-hydrogen) atoms. The first kappa shape index (κ1) is 13.6. The third-order valence-corrected chi connectivity index (χ3v) is 3.54. The number of carbonyl (C=O) groups excluding carboxylic acids is 2. The second-order valence-electron chi connectivity index (χ2n) is 4.97. The van der Waals surface area contributed by atoms with Gasteiger partial charge in [-0.1, -0.05) is 30.3 Å². The van der Waals surface area contributed by atoms with E-state index in [1.165, 1.54) is 4.90 Å². The Bertz CT molecular complexity index is 622. The van der Waals surface area contributed by atoms with Gasteiger partial charge in [-0.2, -0.15) is 0 Å². The van der Waals surface area contributed by atoms with Crippen LogP contribution in [0.4, 0.5) is 0 Å². The summed E-state index contributed by atoms with van der Waals surface area (Å²) in [5.41, 5.74) is 1.01. The van der Waals surface area contributed by atoms with E-state index in [1.54, 1.807) is 17.0 Å². The Morgan fingerprint density at radius 3 is 2.48 bits per heavy atom. The van der Waals surface area contributed by atoms with E-state index in [4.69, 9.17) is 4.74 Å². The van der Waals surface area contributed by atoms with E-state index in [0.717, 1.165) is 5.56 Å². The highest BCUT2D eigenvalue weighted by Gasteiger charge is 2.39. The number of nitrogens with zero attached hydrogens (tertiary/aromatic N) is 2. The van der Waals surface area contributed by atoms with Crippen molar-refractivity contribution in [2.45, 2.75) is 19.1 Å². The van der Waals surface area contributed by atoms with Crippen molar-refractivity contribution in [3.63, 3.8) is 0 Å². The minimum absolute atomic E-state index is 0.00430. The molecule has 0 bridgehead atoms. The monoisotopic (exact) mass is 284 g/mol. The molecule has 5 heteroatoms. The van der Waals surface area contributed by atoms with Crippen molar-refractivity contribution < 1.29 is 14.3 Å². The van der Waals surface area contributed by atoms with Crippen LogP contribution in [0, 0.1) is 0 Å². The Morgan fingerprint density at radius 1 is 1.05 bits per heavy atom. The van der Waals surface area contributed by atoms with Gasteiger partial charge in [-0.25, -0.2) is 0 Å². The first-order valence-electron chi connectivity index (χ1n) is 6.84. The number of ether oxygens (including phenoxy) is 1. The molecule has 3 rings (SSSR count). The first-order chi connectivity index (χ1) is 10.3. The minimum Gasteiger partial charge on any atom is -0.356 e. The normalized spacial score (nSPS) is 18.5. The SMILES string of the molecule is O=C1CC(n2cccc2)C(=O)N1COCc1ccccc1. The van der Waals surface area contributed by atoms with Crippen LogP contribution in [0.1, 0.15) is 18.0 Å². The molecule has 1 aliphatic heterocycles. The predicted octanol–water partition coefficient (Wildman–Crippen LogP) is 1.96. The van der Waals surface area contributed by atoms with Crippen molar-refractivity contribution in [3.05, 3.63) is 60.4 Å². The number of hydrogen-bond acceptors (Lipinski definition) is 3. The van der Waals surface area contributed by atoms with E-state index in [2.05, 4.69) is 0 Å². The number of benzene rings is 1. The van der Waals surface area contributed by atoms with Crippen molar-refractivity contribution in [1.82, 2.24) is 9.47 Å². The van der Waals surface area contributed by atoms with Crippen LogP contribution in [-0.2, 0) is 20.9 Å². The van der Waals surface area contributed by atoms with Crippen molar-refractivity contribution in [1.29, 1.82) is 0 Å². The van der Waals surface area contributed by atoms with Crippen LogP contribution >= 0.6 is 0 Å². The zero-order valence-corrected chi connectivity index (χ0v) is 11.5.